The fourth-order valence-corrected chi connectivity index (χ4v) is 2.48. The topological polar surface area (TPSA) is 47.6 Å². The molecule has 0 atom stereocenters. The van der Waals surface area contributed by atoms with E-state index in [1.165, 1.54) is 5.56 Å². The second-order valence-corrected chi connectivity index (χ2v) is 6.14. The minimum atomic E-state index is 0.0643. The van der Waals surface area contributed by atoms with Crippen LogP contribution in [0.4, 0.5) is 0 Å². The SMILES string of the molecule is COc1ccc(CCCNC(=O)CCCOc2ccc(Cl)cc2)cc1. The number of amides is 1. The van der Waals surface area contributed by atoms with Gasteiger partial charge in [-0.2, -0.15) is 0 Å². The van der Waals surface area contributed by atoms with Crippen LogP contribution >= 0.6 is 11.6 Å². The van der Waals surface area contributed by atoms with Crippen molar-refractivity contribution in [3.05, 3.63) is 59.1 Å². The van der Waals surface area contributed by atoms with E-state index in [-0.39, 0.29) is 5.91 Å². The van der Waals surface area contributed by atoms with Crippen LogP contribution in [0.2, 0.25) is 5.02 Å². The van der Waals surface area contributed by atoms with Crippen LogP contribution < -0.4 is 14.8 Å². The van der Waals surface area contributed by atoms with Crippen molar-refractivity contribution in [2.45, 2.75) is 25.7 Å². The molecule has 1 amide bonds. The van der Waals surface area contributed by atoms with Crippen molar-refractivity contribution in [3.8, 4) is 11.5 Å². The lowest BCUT2D eigenvalue weighted by Gasteiger charge is -2.07. The molecule has 134 valence electrons. The van der Waals surface area contributed by atoms with Gasteiger partial charge in [0.1, 0.15) is 11.5 Å². The summed E-state index contributed by atoms with van der Waals surface area (Å²) in [5.41, 5.74) is 1.24. The molecule has 1 N–H and O–H groups in total. The summed E-state index contributed by atoms with van der Waals surface area (Å²) in [5.74, 6) is 1.69. The zero-order chi connectivity index (χ0) is 17.9. The highest BCUT2D eigenvalue weighted by molar-refractivity contribution is 6.30. The number of carbonyl (C=O) groups is 1. The Kier molecular flexibility index (Phi) is 8.13. The molecule has 5 heteroatoms. The van der Waals surface area contributed by atoms with E-state index in [1.807, 2.05) is 24.3 Å². The van der Waals surface area contributed by atoms with Crippen LogP contribution in [0.1, 0.15) is 24.8 Å². The standard InChI is InChI=1S/C20H24ClNO3/c1-24-18-10-6-16(7-11-18)4-2-14-22-20(23)5-3-15-25-19-12-8-17(21)9-13-19/h6-13H,2-5,14-15H2,1H3,(H,22,23). The number of carbonyl (C=O) groups excluding carboxylic acids is 1. The molecular weight excluding hydrogens is 338 g/mol. The molecule has 0 spiro atoms. The minimum Gasteiger partial charge on any atom is -0.497 e. The molecule has 4 nitrogen and oxygen atoms in total. The first kappa shape index (κ1) is 19.1. The zero-order valence-corrected chi connectivity index (χ0v) is 15.2. The molecule has 2 rings (SSSR count). The molecule has 0 fully saturated rings. The fourth-order valence-electron chi connectivity index (χ4n) is 2.35. The molecule has 0 saturated carbocycles. The number of benzene rings is 2. The van der Waals surface area contributed by atoms with Gasteiger partial charge in [0.25, 0.3) is 0 Å². The van der Waals surface area contributed by atoms with E-state index in [0.717, 1.165) is 24.3 Å². The van der Waals surface area contributed by atoms with E-state index in [0.29, 0.717) is 31.0 Å². The van der Waals surface area contributed by atoms with Crippen LogP contribution in [0, 0.1) is 0 Å². The first-order valence-corrected chi connectivity index (χ1v) is 8.83. The van der Waals surface area contributed by atoms with Crippen molar-refractivity contribution in [3.63, 3.8) is 0 Å². The first-order chi connectivity index (χ1) is 12.2. The predicted octanol–water partition coefficient (Wildman–Crippen LogP) is 4.26. The Bertz CT molecular complexity index is 641. The third kappa shape index (κ3) is 7.48. The number of nitrogens with one attached hydrogen (secondary N) is 1. The summed E-state index contributed by atoms with van der Waals surface area (Å²) in [6.45, 7) is 1.20. The summed E-state index contributed by atoms with van der Waals surface area (Å²) >= 11 is 5.81. The van der Waals surface area contributed by atoms with Crippen LogP contribution in [0.5, 0.6) is 11.5 Å². The number of halogens is 1. The first-order valence-electron chi connectivity index (χ1n) is 8.45. The monoisotopic (exact) mass is 361 g/mol. The smallest absolute Gasteiger partial charge is 0.220 e. The number of rotatable bonds is 10. The summed E-state index contributed by atoms with van der Waals surface area (Å²) < 4.78 is 10.7. The van der Waals surface area contributed by atoms with Gasteiger partial charge in [-0.3, -0.25) is 4.79 Å². The molecule has 2 aromatic rings. The van der Waals surface area contributed by atoms with Gasteiger partial charge in [-0.1, -0.05) is 23.7 Å². The van der Waals surface area contributed by atoms with Gasteiger partial charge in [0.15, 0.2) is 0 Å². The molecule has 0 unspecified atom stereocenters. The highest BCUT2D eigenvalue weighted by Gasteiger charge is 2.02. The van der Waals surface area contributed by atoms with Crippen molar-refractivity contribution < 1.29 is 14.3 Å². The van der Waals surface area contributed by atoms with Crippen molar-refractivity contribution in [1.82, 2.24) is 5.32 Å². The van der Waals surface area contributed by atoms with Crippen molar-refractivity contribution in [2.75, 3.05) is 20.3 Å². The van der Waals surface area contributed by atoms with Crippen LogP contribution in [0.25, 0.3) is 0 Å². The Balaban J connectivity index is 1.52. The molecule has 0 aliphatic heterocycles. The Morgan fingerprint density at radius 2 is 1.68 bits per heavy atom. The molecule has 0 aromatic heterocycles. The largest absolute Gasteiger partial charge is 0.497 e. The third-order valence-corrected chi connectivity index (χ3v) is 4.01. The summed E-state index contributed by atoms with van der Waals surface area (Å²) in [4.78, 5) is 11.8. The summed E-state index contributed by atoms with van der Waals surface area (Å²) in [6, 6.07) is 15.2. The Labute approximate surface area is 154 Å². The second-order valence-electron chi connectivity index (χ2n) is 5.71. The number of ether oxygens (including phenoxy) is 2. The van der Waals surface area contributed by atoms with Gasteiger partial charge in [0.2, 0.25) is 5.91 Å². The van der Waals surface area contributed by atoms with Gasteiger partial charge < -0.3 is 14.8 Å². The summed E-state index contributed by atoms with van der Waals surface area (Å²) in [5, 5.41) is 3.63. The lowest BCUT2D eigenvalue weighted by molar-refractivity contribution is -0.121. The van der Waals surface area contributed by atoms with Gasteiger partial charge in [0.05, 0.1) is 13.7 Å². The Morgan fingerprint density at radius 1 is 1.00 bits per heavy atom. The van der Waals surface area contributed by atoms with Crippen LogP contribution in [0.3, 0.4) is 0 Å². The van der Waals surface area contributed by atoms with Crippen LogP contribution in [-0.4, -0.2) is 26.2 Å². The second kappa shape index (κ2) is 10.6. The van der Waals surface area contributed by atoms with E-state index in [2.05, 4.69) is 17.4 Å². The van der Waals surface area contributed by atoms with Crippen LogP contribution in [0.15, 0.2) is 48.5 Å². The van der Waals surface area contributed by atoms with Crippen molar-refractivity contribution in [2.24, 2.45) is 0 Å². The fraction of sp³-hybridized carbons (Fsp3) is 0.350. The summed E-state index contributed by atoms with van der Waals surface area (Å²) in [6.07, 6.45) is 3.01. The normalized spacial score (nSPS) is 10.3. The third-order valence-electron chi connectivity index (χ3n) is 3.75. The van der Waals surface area contributed by atoms with Crippen molar-refractivity contribution in [1.29, 1.82) is 0 Å². The average molecular weight is 362 g/mol. The highest BCUT2D eigenvalue weighted by Crippen LogP contribution is 2.15. The van der Waals surface area contributed by atoms with Gasteiger partial charge in [0, 0.05) is 18.0 Å². The maximum absolute atomic E-state index is 11.8. The molecule has 0 heterocycles. The van der Waals surface area contributed by atoms with E-state index < -0.39 is 0 Å². The van der Waals surface area contributed by atoms with Gasteiger partial charge in [-0.25, -0.2) is 0 Å². The van der Waals surface area contributed by atoms with E-state index in [1.54, 1.807) is 19.2 Å². The predicted molar refractivity (Wildman–Crippen MR) is 101 cm³/mol. The lowest BCUT2D eigenvalue weighted by atomic mass is 10.1. The maximum Gasteiger partial charge on any atom is 0.220 e. The molecule has 0 bridgehead atoms. The van der Waals surface area contributed by atoms with Gasteiger partial charge >= 0.3 is 0 Å². The van der Waals surface area contributed by atoms with E-state index >= 15 is 0 Å². The van der Waals surface area contributed by atoms with Crippen molar-refractivity contribution >= 4 is 17.5 Å². The van der Waals surface area contributed by atoms with Crippen LogP contribution in [-0.2, 0) is 11.2 Å². The molecule has 2 aromatic carbocycles. The summed E-state index contributed by atoms with van der Waals surface area (Å²) in [7, 11) is 1.66. The number of hydrogen-bond donors (Lipinski definition) is 1. The minimum absolute atomic E-state index is 0.0643. The zero-order valence-electron chi connectivity index (χ0n) is 14.5. The molecule has 0 radical (unpaired) electrons. The van der Waals surface area contributed by atoms with E-state index in [4.69, 9.17) is 21.1 Å². The maximum atomic E-state index is 11.8. The molecule has 25 heavy (non-hydrogen) atoms. The molecule has 0 saturated heterocycles. The Hall–Kier alpha value is -2.20. The average Bonchev–Trinajstić information content (AvgIpc) is 2.64. The van der Waals surface area contributed by atoms with E-state index in [9.17, 15) is 4.79 Å². The van der Waals surface area contributed by atoms with Gasteiger partial charge in [-0.15, -0.1) is 0 Å². The lowest BCUT2D eigenvalue weighted by Crippen LogP contribution is -2.24. The Morgan fingerprint density at radius 3 is 2.36 bits per heavy atom. The number of methoxy groups -OCH3 is 1. The molecule has 0 aliphatic carbocycles. The quantitative estimate of drug-likeness (QED) is 0.643. The number of aryl methyl sites for hydroxylation is 1. The highest BCUT2D eigenvalue weighted by atomic mass is 35.5. The van der Waals surface area contributed by atoms with Gasteiger partial charge in [-0.05, 0) is 61.2 Å². The number of hydrogen-bond acceptors (Lipinski definition) is 3. The molecular formula is C20H24ClNO3. The molecule has 0 aliphatic rings.